The second kappa shape index (κ2) is 9.45. The summed E-state index contributed by atoms with van der Waals surface area (Å²) in [5.74, 6) is -1.29. The Labute approximate surface area is 163 Å². The third-order valence-corrected chi connectivity index (χ3v) is 3.98. The molecule has 146 valence electrons. The van der Waals surface area contributed by atoms with Crippen LogP contribution >= 0.6 is 0 Å². The van der Waals surface area contributed by atoms with Crippen molar-refractivity contribution in [2.75, 3.05) is 13.7 Å². The summed E-state index contributed by atoms with van der Waals surface area (Å²) in [5.41, 5.74) is 2.08. The molecular formula is C21H22N2O5. The molecule has 0 spiro atoms. The fraction of sp³-hybridized carbons (Fsp3) is 0.238. The van der Waals surface area contributed by atoms with Crippen molar-refractivity contribution in [3.8, 4) is 0 Å². The number of aryl methyl sites for hydroxylation is 1. The first kappa shape index (κ1) is 20.8. The zero-order valence-corrected chi connectivity index (χ0v) is 16.0. The summed E-state index contributed by atoms with van der Waals surface area (Å²) in [5, 5.41) is 10.8. The molecule has 0 fully saturated rings. The smallest absolute Gasteiger partial charge is 0.343 e. The first-order valence-corrected chi connectivity index (χ1v) is 8.75. The van der Waals surface area contributed by atoms with Gasteiger partial charge in [0.05, 0.1) is 11.5 Å². The van der Waals surface area contributed by atoms with E-state index in [1.807, 2.05) is 31.2 Å². The van der Waals surface area contributed by atoms with Crippen molar-refractivity contribution in [2.24, 2.45) is 0 Å². The Kier molecular flexibility index (Phi) is 7.03. The lowest BCUT2D eigenvalue weighted by Crippen LogP contribution is -2.21. The first-order valence-electron chi connectivity index (χ1n) is 8.75. The molecule has 0 aliphatic carbocycles. The van der Waals surface area contributed by atoms with Gasteiger partial charge in [-0.25, -0.2) is 4.79 Å². The summed E-state index contributed by atoms with van der Waals surface area (Å²) in [6.07, 6.45) is 1.45. The predicted octanol–water partition coefficient (Wildman–Crippen LogP) is 3.66. The molecule has 0 radical (unpaired) electrons. The van der Waals surface area contributed by atoms with Gasteiger partial charge >= 0.3 is 5.97 Å². The van der Waals surface area contributed by atoms with Crippen LogP contribution in [0.4, 0.5) is 5.69 Å². The maximum Gasteiger partial charge on any atom is 0.343 e. The van der Waals surface area contributed by atoms with Crippen molar-refractivity contribution in [3.05, 3.63) is 87.1 Å². The van der Waals surface area contributed by atoms with Gasteiger partial charge in [0.25, 0.3) is 5.69 Å². The van der Waals surface area contributed by atoms with Crippen molar-refractivity contribution in [3.63, 3.8) is 0 Å². The highest BCUT2D eigenvalue weighted by Gasteiger charge is 2.22. The molecule has 0 N–H and O–H groups in total. The molecule has 2 rings (SSSR count). The topological polar surface area (TPSA) is 89.8 Å². The van der Waals surface area contributed by atoms with Gasteiger partial charge in [0.2, 0.25) is 5.78 Å². The number of Topliss-reactive ketones (excluding diaryl/α,β-unsaturated/α-hetero) is 1. The second-order valence-electron chi connectivity index (χ2n) is 6.30. The average molecular weight is 382 g/mol. The van der Waals surface area contributed by atoms with Crippen LogP contribution in [0.25, 0.3) is 0 Å². The minimum absolute atomic E-state index is 0.130. The van der Waals surface area contributed by atoms with Gasteiger partial charge in [-0.2, -0.15) is 0 Å². The minimum atomic E-state index is -0.735. The monoisotopic (exact) mass is 382 g/mol. The van der Waals surface area contributed by atoms with Crippen molar-refractivity contribution in [1.82, 2.24) is 4.90 Å². The zero-order chi connectivity index (χ0) is 20.7. The molecule has 0 bridgehead atoms. The fourth-order valence-electron chi connectivity index (χ4n) is 2.55. The Morgan fingerprint density at radius 3 is 2.25 bits per heavy atom. The summed E-state index contributed by atoms with van der Waals surface area (Å²) < 4.78 is 5.01. The Balaban J connectivity index is 2.27. The third kappa shape index (κ3) is 5.51. The van der Waals surface area contributed by atoms with E-state index in [2.05, 4.69) is 0 Å². The van der Waals surface area contributed by atoms with E-state index in [9.17, 15) is 19.7 Å². The lowest BCUT2D eigenvalue weighted by atomic mass is 10.0. The number of benzene rings is 2. The first-order chi connectivity index (χ1) is 13.3. The van der Waals surface area contributed by atoms with Gasteiger partial charge in [-0.15, -0.1) is 0 Å². The van der Waals surface area contributed by atoms with Crippen LogP contribution in [0.1, 0.15) is 28.4 Å². The molecule has 0 aliphatic rings. The van der Waals surface area contributed by atoms with Crippen molar-refractivity contribution in [2.45, 2.75) is 20.4 Å². The quantitative estimate of drug-likeness (QED) is 0.132. The van der Waals surface area contributed by atoms with E-state index < -0.39 is 16.7 Å². The van der Waals surface area contributed by atoms with Gasteiger partial charge in [-0.3, -0.25) is 14.9 Å². The van der Waals surface area contributed by atoms with Gasteiger partial charge in [-0.05, 0) is 31.5 Å². The van der Waals surface area contributed by atoms with E-state index in [-0.39, 0.29) is 23.4 Å². The number of esters is 1. The molecule has 7 nitrogen and oxygen atoms in total. The normalized spacial score (nSPS) is 11.0. The van der Waals surface area contributed by atoms with Crippen LogP contribution in [0.5, 0.6) is 0 Å². The summed E-state index contributed by atoms with van der Waals surface area (Å²) in [4.78, 5) is 37.1. The van der Waals surface area contributed by atoms with Crippen molar-refractivity contribution >= 4 is 17.4 Å². The Hall–Kier alpha value is -3.48. The van der Waals surface area contributed by atoms with Crippen LogP contribution in [0.3, 0.4) is 0 Å². The van der Waals surface area contributed by atoms with Gasteiger partial charge in [-0.1, -0.05) is 29.8 Å². The summed E-state index contributed by atoms with van der Waals surface area (Å²) in [6, 6.07) is 13.0. The van der Waals surface area contributed by atoms with Gasteiger partial charge in [0.1, 0.15) is 5.57 Å². The number of ether oxygens (including phenoxy) is 1. The number of hydrogen-bond acceptors (Lipinski definition) is 6. The number of carbonyl (C=O) groups is 2. The average Bonchev–Trinajstić information content (AvgIpc) is 2.67. The molecule has 0 aromatic heterocycles. The highest BCUT2D eigenvalue weighted by Crippen LogP contribution is 2.17. The van der Waals surface area contributed by atoms with Gasteiger partial charge in [0.15, 0.2) is 0 Å². The predicted molar refractivity (Wildman–Crippen MR) is 105 cm³/mol. The third-order valence-electron chi connectivity index (χ3n) is 3.98. The molecular weight excluding hydrogens is 360 g/mol. The Morgan fingerprint density at radius 1 is 1.11 bits per heavy atom. The molecule has 0 saturated heterocycles. The molecule has 0 atom stereocenters. The minimum Gasteiger partial charge on any atom is -0.462 e. The summed E-state index contributed by atoms with van der Waals surface area (Å²) in [7, 11) is 1.75. The number of ketones is 1. The van der Waals surface area contributed by atoms with Crippen molar-refractivity contribution < 1.29 is 19.2 Å². The lowest BCUT2D eigenvalue weighted by molar-refractivity contribution is -0.384. The van der Waals surface area contributed by atoms with Crippen LogP contribution in [-0.4, -0.2) is 35.2 Å². The van der Waals surface area contributed by atoms with Crippen LogP contribution in [0, 0.1) is 17.0 Å². The Morgan fingerprint density at radius 2 is 1.71 bits per heavy atom. The van der Waals surface area contributed by atoms with E-state index in [4.69, 9.17) is 4.74 Å². The van der Waals surface area contributed by atoms with E-state index in [1.165, 1.54) is 30.5 Å². The second-order valence-corrected chi connectivity index (χ2v) is 6.30. The summed E-state index contributed by atoms with van der Waals surface area (Å²) in [6.45, 7) is 4.28. The highest BCUT2D eigenvalue weighted by molar-refractivity contribution is 6.24. The standard InChI is InChI=1S/C21H22N2O5/c1-4-28-21(25)19(14-22(3)13-16-7-5-15(2)6-8-16)20(24)17-9-11-18(12-10-17)23(26)27/h5-12,14H,4,13H2,1-3H3/b19-14-. The molecule has 7 heteroatoms. The number of nitrogens with zero attached hydrogens (tertiary/aromatic N) is 2. The van der Waals surface area contributed by atoms with Crippen LogP contribution in [0.2, 0.25) is 0 Å². The maximum absolute atomic E-state index is 12.8. The van der Waals surface area contributed by atoms with Crippen LogP contribution in [0.15, 0.2) is 60.3 Å². The van der Waals surface area contributed by atoms with Crippen LogP contribution in [-0.2, 0) is 16.1 Å². The molecule has 0 amide bonds. The number of nitro benzene ring substituents is 1. The van der Waals surface area contributed by atoms with Gasteiger partial charge < -0.3 is 9.64 Å². The molecule has 0 unspecified atom stereocenters. The molecule has 0 aliphatic heterocycles. The number of rotatable bonds is 8. The summed E-state index contributed by atoms with van der Waals surface area (Å²) >= 11 is 0. The number of carbonyl (C=O) groups excluding carboxylic acids is 2. The highest BCUT2D eigenvalue weighted by atomic mass is 16.6. The van der Waals surface area contributed by atoms with Gasteiger partial charge in [0, 0.05) is 37.5 Å². The van der Waals surface area contributed by atoms with Crippen molar-refractivity contribution in [1.29, 1.82) is 0 Å². The maximum atomic E-state index is 12.8. The largest absolute Gasteiger partial charge is 0.462 e. The Bertz CT molecular complexity index is 886. The fourth-order valence-corrected chi connectivity index (χ4v) is 2.55. The molecule has 0 heterocycles. The molecule has 2 aromatic rings. The van der Waals surface area contributed by atoms with E-state index in [1.54, 1.807) is 18.9 Å². The van der Waals surface area contributed by atoms with Crippen LogP contribution < -0.4 is 0 Å². The lowest BCUT2D eigenvalue weighted by Gasteiger charge is -2.16. The molecule has 2 aromatic carbocycles. The number of non-ortho nitro benzene ring substituents is 1. The molecule has 0 saturated carbocycles. The number of hydrogen-bond donors (Lipinski definition) is 0. The number of nitro groups is 1. The SMILES string of the molecule is CCOC(=O)/C(=C\N(C)Cc1ccc(C)cc1)C(=O)c1ccc([N+](=O)[O-])cc1. The zero-order valence-electron chi connectivity index (χ0n) is 16.0. The van der Waals surface area contributed by atoms with E-state index >= 15 is 0 Å². The van der Waals surface area contributed by atoms with E-state index in [0.29, 0.717) is 6.54 Å². The van der Waals surface area contributed by atoms with E-state index in [0.717, 1.165) is 11.1 Å². The molecule has 28 heavy (non-hydrogen) atoms.